The maximum atomic E-state index is 11.0. The molecule has 0 aliphatic heterocycles. The second-order valence-electron chi connectivity index (χ2n) is 6.11. The number of benzene rings is 1. The molecule has 1 fully saturated rings. The Hall–Kier alpha value is -1.38. The monoisotopic (exact) mass is 272 g/mol. The minimum absolute atomic E-state index is 0.395. The van der Waals surface area contributed by atoms with Gasteiger partial charge in [-0.05, 0) is 43.7 Å². The van der Waals surface area contributed by atoms with Crippen LogP contribution < -0.4 is 0 Å². The number of rotatable bonds is 4. The van der Waals surface area contributed by atoms with Crippen LogP contribution in [0.3, 0.4) is 0 Å². The molecule has 2 rings (SSSR count). The highest BCUT2D eigenvalue weighted by atomic mass is 16.3. The molecule has 20 heavy (non-hydrogen) atoms. The van der Waals surface area contributed by atoms with Gasteiger partial charge in [0.25, 0.3) is 0 Å². The summed E-state index contributed by atoms with van der Waals surface area (Å²) in [5, 5.41) is 21.3. The molecule has 0 unspecified atom stereocenters. The van der Waals surface area contributed by atoms with Gasteiger partial charge in [-0.15, -0.1) is 6.58 Å². The van der Waals surface area contributed by atoms with Crippen molar-refractivity contribution in [1.82, 2.24) is 0 Å². The summed E-state index contributed by atoms with van der Waals surface area (Å²) in [5.74, 6) is 0. The van der Waals surface area contributed by atoms with E-state index in [1.807, 2.05) is 43.3 Å². The predicted octanol–water partition coefficient (Wildman–Crippen LogP) is 3.70. The van der Waals surface area contributed by atoms with Crippen LogP contribution in [0.2, 0.25) is 0 Å². The van der Waals surface area contributed by atoms with Crippen LogP contribution in [0.5, 0.6) is 0 Å². The lowest BCUT2D eigenvalue weighted by Gasteiger charge is -2.42. The lowest BCUT2D eigenvalue weighted by Crippen LogP contribution is -2.45. The Labute approximate surface area is 121 Å². The quantitative estimate of drug-likeness (QED) is 0.820. The van der Waals surface area contributed by atoms with Crippen LogP contribution in [0, 0.1) is 0 Å². The molecular weight excluding hydrogens is 248 g/mol. The highest BCUT2D eigenvalue weighted by Gasteiger charge is 2.42. The second-order valence-corrected chi connectivity index (χ2v) is 6.11. The largest absolute Gasteiger partial charge is 0.390 e. The van der Waals surface area contributed by atoms with Crippen LogP contribution in [-0.2, 0) is 0 Å². The number of hydrogen-bond donors (Lipinski definition) is 2. The third-order valence-corrected chi connectivity index (χ3v) is 4.11. The molecule has 2 heteroatoms. The normalized spacial score (nSPS) is 32.2. The molecular formula is C18H24O2. The summed E-state index contributed by atoms with van der Waals surface area (Å²) in [7, 11) is 0. The van der Waals surface area contributed by atoms with Crippen LogP contribution in [-0.4, -0.2) is 21.4 Å². The van der Waals surface area contributed by atoms with Gasteiger partial charge >= 0.3 is 0 Å². The molecule has 2 N–H and O–H groups in total. The third kappa shape index (κ3) is 3.59. The fraction of sp³-hybridized carbons (Fsp3) is 0.444. The third-order valence-electron chi connectivity index (χ3n) is 4.11. The summed E-state index contributed by atoms with van der Waals surface area (Å²) in [6, 6.07) is 10.0. The zero-order chi connectivity index (χ0) is 14.6. The summed E-state index contributed by atoms with van der Waals surface area (Å²) in [6.07, 6.45) is 7.08. The Morgan fingerprint density at radius 2 is 1.95 bits per heavy atom. The van der Waals surface area contributed by atoms with E-state index in [0.29, 0.717) is 19.3 Å². The van der Waals surface area contributed by atoms with Crippen molar-refractivity contribution in [3.8, 4) is 0 Å². The fourth-order valence-corrected chi connectivity index (χ4v) is 3.02. The SMILES string of the molecule is C=CCC[C@@]1(O)C[C@](C)(O)CC/C1=C/c1ccccc1. The van der Waals surface area contributed by atoms with E-state index >= 15 is 0 Å². The van der Waals surface area contributed by atoms with Crippen LogP contribution >= 0.6 is 0 Å². The standard InChI is InChI=1S/C18H24O2/c1-3-4-11-18(20)14-17(2,19)12-10-16(18)13-15-8-6-5-7-9-15/h3,5-9,13,19-20H,1,4,10-12,14H2,2H3/b16-13-/t17-,18-/m1/s1. The van der Waals surface area contributed by atoms with E-state index in [1.165, 1.54) is 0 Å². The topological polar surface area (TPSA) is 40.5 Å². The van der Waals surface area contributed by atoms with Gasteiger partial charge in [-0.2, -0.15) is 0 Å². The molecule has 2 nitrogen and oxygen atoms in total. The van der Waals surface area contributed by atoms with Gasteiger partial charge in [0.15, 0.2) is 0 Å². The van der Waals surface area contributed by atoms with Crippen molar-refractivity contribution in [1.29, 1.82) is 0 Å². The maximum absolute atomic E-state index is 11.0. The fourth-order valence-electron chi connectivity index (χ4n) is 3.02. The number of allylic oxidation sites excluding steroid dienone is 1. The van der Waals surface area contributed by atoms with E-state index < -0.39 is 11.2 Å². The average Bonchev–Trinajstić information content (AvgIpc) is 2.41. The molecule has 0 bridgehead atoms. The first-order chi connectivity index (χ1) is 9.45. The minimum Gasteiger partial charge on any atom is -0.390 e. The number of aliphatic hydroxyl groups is 2. The van der Waals surface area contributed by atoms with Crippen LogP contribution in [0.15, 0.2) is 48.6 Å². The molecule has 0 radical (unpaired) electrons. The molecule has 2 atom stereocenters. The van der Waals surface area contributed by atoms with Gasteiger partial charge in [-0.1, -0.05) is 42.5 Å². The summed E-state index contributed by atoms with van der Waals surface area (Å²) in [6.45, 7) is 5.54. The van der Waals surface area contributed by atoms with Crippen molar-refractivity contribution in [2.45, 2.75) is 50.2 Å². The first kappa shape index (κ1) is 15.0. The molecule has 1 aromatic carbocycles. The van der Waals surface area contributed by atoms with Gasteiger partial charge in [0.1, 0.15) is 0 Å². The first-order valence-corrected chi connectivity index (χ1v) is 7.27. The Kier molecular flexibility index (Phi) is 4.46. The Morgan fingerprint density at radius 3 is 2.60 bits per heavy atom. The van der Waals surface area contributed by atoms with E-state index in [0.717, 1.165) is 24.0 Å². The predicted molar refractivity (Wildman–Crippen MR) is 83.3 cm³/mol. The van der Waals surface area contributed by atoms with Crippen LogP contribution in [0.1, 0.15) is 44.6 Å². The summed E-state index contributed by atoms with van der Waals surface area (Å²) in [5.41, 5.74) is 0.411. The molecule has 0 amide bonds. The van der Waals surface area contributed by atoms with E-state index in [2.05, 4.69) is 12.7 Å². The maximum Gasteiger partial charge on any atom is 0.0890 e. The molecule has 1 aromatic rings. The minimum atomic E-state index is -0.925. The summed E-state index contributed by atoms with van der Waals surface area (Å²) in [4.78, 5) is 0. The van der Waals surface area contributed by atoms with Gasteiger partial charge in [0.05, 0.1) is 11.2 Å². The lowest BCUT2D eigenvalue weighted by atomic mass is 9.70. The van der Waals surface area contributed by atoms with Gasteiger partial charge in [0, 0.05) is 6.42 Å². The van der Waals surface area contributed by atoms with Gasteiger partial charge in [-0.25, -0.2) is 0 Å². The zero-order valence-corrected chi connectivity index (χ0v) is 12.2. The van der Waals surface area contributed by atoms with Gasteiger partial charge in [-0.3, -0.25) is 0 Å². The molecule has 1 aliphatic carbocycles. The van der Waals surface area contributed by atoms with E-state index in [4.69, 9.17) is 0 Å². The highest BCUT2D eigenvalue weighted by Crippen LogP contribution is 2.42. The van der Waals surface area contributed by atoms with Crippen molar-refractivity contribution in [3.63, 3.8) is 0 Å². The van der Waals surface area contributed by atoms with Gasteiger partial charge in [0.2, 0.25) is 0 Å². The summed E-state index contributed by atoms with van der Waals surface area (Å²) >= 11 is 0. The molecule has 108 valence electrons. The highest BCUT2D eigenvalue weighted by molar-refractivity contribution is 5.55. The first-order valence-electron chi connectivity index (χ1n) is 7.27. The van der Waals surface area contributed by atoms with Crippen LogP contribution in [0.4, 0.5) is 0 Å². The van der Waals surface area contributed by atoms with Crippen LogP contribution in [0.25, 0.3) is 6.08 Å². The average molecular weight is 272 g/mol. The van der Waals surface area contributed by atoms with E-state index in [1.54, 1.807) is 0 Å². The van der Waals surface area contributed by atoms with Crippen molar-refractivity contribution in [2.24, 2.45) is 0 Å². The Morgan fingerprint density at radius 1 is 1.25 bits per heavy atom. The molecule has 0 heterocycles. The molecule has 0 aromatic heterocycles. The second kappa shape index (κ2) is 5.94. The smallest absolute Gasteiger partial charge is 0.0890 e. The Bertz CT molecular complexity index is 487. The summed E-state index contributed by atoms with van der Waals surface area (Å²) < 4.78 is 0. The molecule has 0 saturated heterocycles. The van der Waals surface area contributed by atoms with Crippen molar-refractivity contribution >= 4 is 6.08 Å². The van der Waals surface area contributed by atoms with Crippen molar-refractivity contribution in [3.05, 3.63) is 54.1 Å². The van der Waals surface area contributed by atoms with Crippen molar-refractivity contribution in [2.75, 3.05) is 0 Å². The Balaban J connectivity index is 2.29. The molecule has 1 saturated carbocycles. The lowest BCUT2D eigenvalue weighted by molar-refractivity contribution is -0.0631. The van der Waals surface area contributed by atoms with Crippen molar-refractivity contribution < 1.29 is 10.2 Å². The molecule has 1 aliphatic rings. The molecule has 0 spiro atoms. The number of hydrogen-bond acceptors (Lipinski definition) is 2. The zero-order valence-electron chi connectivity index (χ0n) is 12.2. The van der Waals surface area contributed by atoms with E-state index in [-0.39, 0.29) is 0 Å². The van der Waals surface area contributed by atoms with E-state index in [9.17, 15) is 10.2 Å². The van der Waals surface area contributed by atoms with Gasteiger partial charge < -0.3 is 10.2 Å².